The van der Waals surface area contributed by atoms with Gasteiger partial charge in [0.05, 0.1) is 12.3 Å². The lowest BCUT2D eigenvalue weighted by atomic mass is 10.1. The first-order valence-corrected chi connectivity index (χ1v) is 9.36. The summed E-state index contributed by atoms with van der Waals surface area (Å²) in [6.45, 7) is 5.53. The minimum absolute atomic E-state index is 0.0622. The summed E-state index contributed by atoms with van der Waals surface area (Å²) in [4.78, 5) is 4.30. The fourth-order valence-corrected chi connectivity index (χ4v) is 2.40. The molecule has 0 spiro atoms. The summed E-state index contributed by atoms with van der Waals surface area (Å²) in [7, 11) is -3.18. The Bertz CT molecular complexity index is 588. The summed E-state index contributed by atoms with van der Waals surface area (Å²) in [6, 6.07) is 6.38. The molecular weight excluding hydrogens is 319 g/mol. The van der Waals surface area contributed by atoms with Crippen LogP contribution in [0.1, 0.15) is 19.4 Å². The third-order valence-electron chi connectivity index (χ3n) is 3.05. The molecule has 0 aliphatic rings. The molecule has 1 rings (SSSR count). The van der Waals surface area contributed by atoms with Crippen molar-refractivity contribution < 1.29 is 12.8 Å². The van der Waals surface area contributed by atoms with Crippen molar-refractivity contribution >= 4 is 16.0 Å². The van der Waals surface area contributed by atoms with E-state index in [2.05, 4.69) is 20.3 Å². The standard InChI is InChI=1S/C15H25FN4O2S/c1-3-17-15(19-11-12-20-23(21,22)4-2)18-10-9-13-5-7-14(16)8-6-13/h5-8,20H,3-4,9-12H2,1-2H3,(H2,17,18,19). The van der Waals surface area contributed by atoms with Crippen LogP contribution in [0, 0.1) is 5.82 Å². The van der Waals surface area contributed by atoms with E-state index in [0.29, 0.717) is 25.6 Å². The SMILES string of the molecule is CCNC(=NCCNS(=O)(=O)CC)NCCc1ccc(F)cc1. The molecule has 0 fully saturated rings. The number of rotatable bonds is 9. The van der Waals surface area contributed by atoms with Crippen LogP contribution >= 0.6 is 0 Å². The van der Waals surface area contributed by atoms with Gasteiger partial charge < -0.3 is 10.6 Å². The van der Waals surface area contributed by atoms with E-state index in [0.717, 1.165) is 12.0 Å². The van der Waals surface area contributed by atoms with Gasteiger partial charge in [-0.1, -0.05) is 12.1 Å². The molecule has 0 atom stereocenters. The first-order valence-electron chi connectivity index (χ1n) is 7.70. The van der Waals surface area contributed by atoms with Crippen LogP contribution < -0.4 is 15.4 Å². The molecule has 0 aliphatic carbocycles. The van der Waals surface area contributed by atoms with E-state index in [1.165, 1.54) is 12.1 Å². The third kappa shape index (κ3) is 8.51. The Labute approximate surface area is 137 Å². The van der Waals surface area contributed by atoms with Crippen molar-refractivity contribution in [2.75, 3.05) is 31.9 Å². The molecule has 0 unspecified atom stereocenters. The topological polar surface area (TPSA) is 82.6 Å². The fourth-order valence-electron chi connectivity index (χ4n) is 1.79. The van der Waals surface area contributed by atoms with Crippen LogP contribution in [0.15, 0.2) is 29.3 Å². The highest BCUT2D eigenvalue weighted by atomic mass is 32.2. The van der Waals surface area contributed by atoms with E-state index < -0.39 is 10.0 Å². The van der Waals surface area contributed by atoms with Gasteiger partial charge in [0.1, 0.15) is 5.82 Å². The van der Waals surface area contributed by atoms with Crippen LogP contribution in [0.2, 0.25) is 0 Å². The average Bonchev–Trinajstić information content (AvgIpc) is 2.53. The maximum absolute atomic E-state index is 12.8. The van der Waals surface area contributed by atoms with Gasteiger partial charge in [-0.05, 0) is 38.0 Å². The lowest BCUT2D eigenvalue weighted by Gasteiger charge is -2.11. The molecule has 6 nitrogen and oxygen atoms in total. The number of hydrogen-bond donors (Lipinski definition) is 3. The monoisotopic (exact) mass is 344 g/mol. The zero-order valence-electron chi connectivity index (χ0n) is 13.6. The normalized spacial score (nSPS) is 12.2. The first kappa shape index (κ1) is 19.4. The molecule has 0 saturated heterocycles. The molecule has 0 radical (unpaired) electrons. The molecule has 0 bridgehead atoms. The van der Waals surface area contributed by atoms with Crippen LogP contribution in [-0.4, -0.2) is 46.3 Å². The Morgan fingerprint density at radius 3 is 2.43 bits per heavy atom. The number of benzene rings is 1. The molecular formula is C15H25FN4O2S. The Morgan fingerprint density at radius 1 is 1.13 bits per heavy atom. The van der Waals surface area contributed by atoms with E-state index in [4.69, 9.17) is 0 Å². The molecule has 8 heteroatoms. The molecule has 1 aromatic carbocycles. The molecule has 130 valence electrons. The van der Waals surface area contributed by atoms with Crippen molar-refractivity contribution in [3.05, 3.63) is 35.6 Å². The number of hydrogen-bond acceptors (Lipinski definition) is 3. The van der Waals surface area contributed by atoms with Gasteiger partial charge in [-0.2, -0.15) is 0 Å². The summed E-state index contributed by atoms with van der Waals surface area (Å²) < 4.78 is 37.9. The number of aliphatic imine (C=N–C) groups is 1. The largest absolute Gasteiger partial charge is 0.357 e. The van der Waals surface area contributed by atoms with Gasteiger partial charge in [0.15, 0.2) is 5.96 Å². The van der Waals surface area contributed by atoms with Crippen LogP contribution in [0.3, 0.4) is 0 Å². The maximum Gasteiger partial charge on any atom is 0.211 e. The minimum atomic E-state index is -3.18. The highest BCUT2D eigenvalue weighted by molar-refractivity contribution is 7.89. The fraction of sp³-hybridized carbons (Fsp3) is 0.533. The highest BCUT2D eigenvalue weighted by Crippen LogP contribution is 2.02. The van der Waals surface area contributed by atoms with Crippen molar-refractivity contribution in [1.29, 1.82) is 0 Å². The van der Waals surface area contributed by atoms with Gasteiger partial charge in [-0.15, -0.1) is 0 Å². The van der Waals surface area contributed by atoms with E-state index in [-0.39, 0.29) is 18.1 Å². The molecule has 0 heterocycles. The number of sulfonamides is 1. The smallest absolute Gasteiger partial charge is 0.211 e. The summed E-state index contributed by atoms with van der Waals surface area (Å²) >= 11 is 0. The summed E-state index contributed by atoms with van der Waals surface area (Å²) in [6.07, 6.45) is 0.743. The Balaban J connectivity index is 2.38. The number of nitrogens with one attached hydrogen (secondary N) is 3. The van der Waals surface area contributed by atoms with Crippen molar-refractivity contribution in [2.24, 2.45) is 4.99 Å². The van der Waals surface area contributed by atoms with Gasteiger partial charge in [0.2, 0.25) is 10.0 Å². The average molecular weight is 344 g/mol. The summed E-state index contributed by atoms with van der Waals surface area (Å²) in [5, 5.41) is 6.25. The molecule has 0 amide bonds. The Hall–Kier alpha value is -1.67. The molecule has 23 heavy (non-hydrogen) atoms. The lowest BCUT2D eigenvalue weighted by molar-refractivity contribution is 0.583. The van der Waals surface area contributed by atoms with Gasteiger partial charge in [0, 0.05) is 19.6 Å². The Kier molecular flexibility index (Phi) is 8.57. The van der Waals surface area contributed by atoms with Crippen molar-refractivity contribution in [3.63, 3.8) is 0 Å². The molecule has 1 aromatic rings. The van der Waals surface area contributed by atoms with E-state index >= 15 is 0 Å². The zero-order valence-corrected chi connectivity index (χ0v) is 14.4. The first-order chi connectivity index (χ1) is 11.0. The summed E-state index contributed by atoms with van der Waals surface area (Å²) in [5.41, 5.74) is 1.03. The van der Waals surface area contributed by atoms with Gasteiger partial charge in [-0.3, -0.25) is 4.99 Å². The maximum atomic E-state index is 12.8. The number of guanidine groups is 1. The highest BCUT2D eigenvalue weighted by Gasteiger charge is 2.04. The van der Waals surface area contributed by atoms with Crippen molar-refractivity contribution in [2.45, 2.75) is 20.3 Å². The van der Waals surface area contributed by atoms with E-state index in [1.807, 2.05) is 6.92 Å². The second-order valence-corrected chi connectivity index (χ2v) is 6.96. The van der Waals surface area contributed by atoms with Gasteiger partial charge >= 0.3 is 0 Å². The van der Waals surface area contributed by atoms with Crippen molar-refractivity contribution in [1.82, 2.24) is 15.4 Å². The second-order valence-electron chi connectivity index (χ2n) is 4.86. The van der Waals surface area contributed by atoms with E-state index in [9.17, 15) is 12.8 Å². The van der Waals surface area contributed by atoms with Crippen LogP contribution in [0.4, 0.5) is 4.39 Å². The lowest BCUT2D eigenvalue weighted by Crippen LogP contribution is -2.39. The number of nitrogens with zero attached hydrogens (tertiary/aromatic N) is 1. The zero-order chi connectivity index (χ0) is 17.1. The second kappa shape index (κ2) is 10.2. The molecule has 0 aliphatic heterocycles. The predicted octanol–water partition coefficient (Wildman–Crippen LogP) is 0.863. The predicted molar refractivity (Wildman–Crippen MR) is 91.5 cm³/mol. The van der Waals surface area contributed by atoms with Crippen LogP contribution in [0.25, 0.3) is 0 Å². The molecule has 3 N–H and O–H groups in total. The van der Waals surface area contributed by atoms with E-state index in [1.54, 1.807) is 19.1 Å². The van der Waals surface area contributed by atoms with Gasteiger partial charge in [0.25, 0.3) is 0 Å². The minimum Gasteiger partial charge on any atom is -0.357 e. The quantitative estimate of drug-likeness (QED) is 0.353. The molecule has 0 aromatic heterocycles. The Morgan fingerprint density at radius 2 is 1.83 bits per heavy atom. The number of halogens is 1. The third-order valence-corrected chi connectivity index (χ3v) is 4.45. The van der Waals surface area contributed by atoms with Crippen molar-refractivity contribution in [3.8, 4) is 0 Å². The van der Waals surface area contributed by atoms with Gasteiger partial charge in [-0.25, -0.2) is 17.5 Å². The van der Waals surface area contributed by atoms with Crippen LogP contribution in [0.5, 0.6) is 0 Å². The van der Waals surface area contributed by atoms with Crippen LogP contribution in [-0.2, 0) is 16.4 Å². The summed E-state index contributed by atoms with van der Waals surface area (Å²) in [5.74, 6) is 0.448. The molecule has 0 saturated carbocycles.